The van der Waals surface area contributed by atoms with Gasteiger partial charge in [-0.05, 0) is 31.5 Å². The molecule has 1 aliphatic heterocycles. The number of ether oxygens (including phenoxy) is 1. The van der Waals surface area contributed by atoms with E-state index in [0.29, 0.717) is 36.4 Å². The van der Waals surface area contributed by atoms with Crippen molar-refractivity contribution < 1.29 is 9.53 Å². The molecule has 1 saturated heterocycles. The summed E-state index contributed by atoms with van der Waals surface area (Å²) in [7, 11) is 0. The molecule has 3 rings (SSSR count). The van der Waals surface area contributed by atoms with Crippen LogP contribution in [-0.2, 0) is 16.1 Å². The lowest BCUT2D eigenvalue weighted by Crippen LogP contribution is -2.40. The van der Waals surface area contributed by atoms with Gasteiger partial charge in [-0.2, -0.15) is 0 Å². The molecule has 1 aromatic carbocycles. The number of nitrogens with one attached hydrogen (secondary N) is 2. The number of aromatic nitrogens is 2. The van der Waals surface area contributed by atoms with Crippen molar-refractivity contribution in [1.82, 2.24) is 20.2 Å². The van der Waals surface area contributed by atoms with Crippen molar-refractivity contribution in [2.45, 2.75) is 32.4 Å². The molecule has 1 aliphatic rings. The predicted molar refractivity (Wildman–Crippen MR) is 95.3 cm³/mol. The van der Waals surface area contributed by atoms with Gasteiger partial charge in [-0.25, -0.2) is 4.98 Å². The Kier molecular flexibility index (Phi) is 5.78. The van der Waals surface area contributed by atoms with E-state index in [0.717, 1.165) is 19.4 Å². The lowest BCUT2D eigenvalue weighted by Gasteiger charge is -2.20. The summed E-state index contributed by atoms with van der Waals surface area (Å²) in [6.07, 6.45) is 2.19. The summed E-state index contributed by atoms with van der Waals surface area (Å²) in [5.74, 6) is 0.526. The van der Waals surface area contributed by atoms with Crippen LogP contribution in [0.4, 0.5) is 0 Å². The number of H-pyrrole nitrogens is 1. The Morgan fingerprint density at radius 3 is 3.04 bits per heavy atom. The highest BCUT2D eigenvalue weighted by Crippen LogP contribution is 2.10. The Morgan fingerprint density at radius 1 is 1.44 bits per heavy atom. The van der Waals surface area contributed by atoms with Crippen LogP contribution in [0.15, 0.2) is 29.1 Å². The van der Waals surface area contributed by atoms with E-state index in [-0.39, 0.29) is 24.1 Å². The minimum Gasteiger partial charge on any atom is -0.376 e. The van der Waals surface area contributed by atoms with Crippen LogP contribution in [0.1, 0.15) is 25.6 Å². The van der Waals surface area contributed by atoms with Crippen LogP contribution in [0.2, 0.25) is 0 Å². The van der Waals surface area contributed by atoms with E-state index >= 15 is 0 Å². The molecule has 1 aromatic heterocycles. The summed E-state index contributed by atoms with van der Waals surface area (Å²) in [4.78, 5) is 33.5. The zero-order valence-corrected chi connectivity index (χ0v) is 14.5. The minimum absolute atomic E-state index is 0.0412. The third kappa shape index (κ3) is 4.64. The molecule has 0 bridgehead atoms. The topological polar surface area (TPSA) is 87.3 Å². The first-order chi connectivity index (χ1) is 12.2. The number of para-hydroxylation sites is 1. The van der Waals surface area contributed by atoms with Crippen LogP contribution < -0.4 is 10.9 Å². The van der Waals surface area contributed by atoms with Crippen LogP contribution in [0, 0.1) is 0 Å². The third-order valence-electron chi connectivity index (χ3n) is 4.40. The van der Waals surface area contributed by atoms with Gasteiger partial charge in [-0.15, -0.1) is 0 Å². The van der Waals surface area contributed by atoms with E-state index in [2.05, 4.69) is 15.3 Å². The lowest BCUT2D eigenvalue weighted by molar-refractivity contribution is -0.122. The summed E-state index contributed by atoms with van der Waals surface area (Å²) < 4.78 is 5.51. The molecule has 0 radical (unpaired) electrons. The van der Waals surface area contributed by atoms with Crippen molar-refractivity contribution in [1.29, 1.82) is 0 Å². The lowest BCUT2D eigenvalue weighted by atomic mass is 10.2. The fourth-order valence-corrected chi connectivity index (χ4v) is 2.99. The van der Waals surface area contributed by atoms with Gasteiger partial charge in [-0.3, -0.25) is 14.5 Å². The van der Waals surface area contributed by atoms with Crippen LogP contribution in [-0.4, -0.2) is 53.1 Å². The van der Waals surface area contributed by atoms with Gasteiger partial charge >= 0.3 is 0 Å². The molecule has 2 N–H and O–H groups in total. The summed E-state index contributed by atoms with van der Waals surface area (Å²) in [6, 6.07) is 7.24. The zero-order valence-electron chi connectivity index (χ0n) is 14.5. The van der Waals surface area contributed by atoms with E-state index in [4.69, 9.17) is 4.74 Å². The molecule has 0 aliphatic carbocycles. The van der Waals surface area contributed by atoms with Crippen LogP contribution in [0.5, 0.6) is 0 Å². The Labute approximate surface area is 146 Å². The number of aromatic amines is 1. The number of likely N-dealkylation sites (N-methyl/N-ethyl adjacent to an activating group) is 1. The van der Waals surface area contributed by atoms with Gasteiger partial charge in [0.1, 0.15) is 5.82 Å². The van der Waals surface area contributed by atoms with Gasteiger partial charge in [0.05, 0.1) is 30.1 Å². The molecule has 1 amide bonds. The fraction of sp³-hybridized carbons (Fsp3) is 0.500. The predicted octanol–water partition coefficient (Wildman–Crippen LogP) is 1.04. The Balaban J connectivity index is 1.59. The van der Waals surface area contributed by atoms with E-state index in [1.54, 1.807) is 6.07 Å². The number of rotatable bonds is 7. The number of hydrogen-bond acceptors (Lipinski definition) is 5. The first-order valence-electron chi connectivity index (χ1n) is 8.74. The first kappa shape index (κ1) is 17.6. The molecule has 25 heavy (non-hydrogen) atoms. The molecule has 0 saturated carbocycles. The Morgan fingerprint density at radius 2 is 2.28 bits per heavy atom. The maximum absolute atomic E-state index is 12.1. The molecule has 1 fully saturated rings. The van der Waals surface area contributed by atoms with Crippen molar-refractivity contribution in [3.05, 3.63) is 40.4 Å². The molecule has 7 heteroatoms. The normalized spacial score (nSPS) is 17.3. The average Bonchev–Trinajstić information content (AvgIpc) is 3.13. The quantitative estimate of drug-likeness (QED) is 0.784. The van der Waals surface area contributed by atoms with Crippen molar-refractivity contribution >= 4 is 16.8 Å². The number of hydrogen-bond donors (Lipinski definition) is 2. The van der Waals surface area contributed by atoms with Gasteiger partial charge in [0, 0.05) is 13.2 Å². The van der Waals surface area contributed by atoms with Crippen LogP contribution >= 0.6 is 0 Å². The molecule has 134 valence electrons. The molecule has 1 atom stereocenters. The second-order valence-corrected chi connectivity index (χ2v) is 6.27. The zero-order chi connectivity index (χ0) is 17.6. The second kappa shape index (κ2) is 8.22. The van der Waals surface area contributed by atoms with Gasteiger partial charge in [0.2, 0.25) is 5.91 Å². The number of fused-ring (bicyclic) bond motifs is 1. The van der Waals surface area contributed by atoms with Crippen molar-refractivity contribution in [3.8, 4) is 0 Å². The number of nitrogens with zero attached hydrogens (tertiary/aromatic N) is 2. The second-order valence-electron chi connectivity index (χ2n) is 6.27. The van der Waals surface area contributed by atoms with Crippen molar-refractivity contribution in [2.24, 2.45) is 0 Å². The Bertz CT molecular complexity index is 783. The SMILES string of the molecule is CCN(CC(=O)NCC1CCCO1)Cc1nc2ccccc2c(=O)[nH]1. The molecule has 2 heterocycles. The van der Waals surface area contributed by atoms with E-state index in [1.807, 2.05) is 30.0 Å². The van der Waals surface area contributed by atoms with E-state index < -0.39 is 0 Å². The number of carbonyl (C=O) groups is 1. The third-order valence-corrected chi connectivity index (χ3v) is 4.40. The van der Waals surface area contributed by atoms with E-state index in [1.165, 1.54) is 0 Å². The minimum atomic E-state index is -0.153. The van der Waals surface area contributed by atoms with Crippen LogP contribution in [0.3, 0.4) is 0 Å². The van der Waals surface area contributed by atoms with Gasteiger partial charge in [0.15, 0.2) is 0 Å². The molecule has 2 aromatic rings. The summed E-state index contributed by atoms with van der Waals surface area (Å²) in [5, 5.41) is 3.49. The van der Waals surface area contributed by atoms with E-state index in [9.17, 15) is 9.59 Å². The molecular weight excluding hydrogens is 320 g/mol. The highest BCUT2D eigenvalue weighted by molar-refractivity contribution is 5.78. The highest BCUT2D eigenvalue weighted by Gasteiger charge is 2.17. The highest BCUT2D eigenvalue weighted by atomic mass is 16.5. The fourth-order valence-electron chi connectivity index (χ4n) is 2.99. The number of carbonyl (C=O) groups excluding carboxylic acids is 1. The molecule has 1 unspecified atom stereocenters. The monoisotopic (exact) mass is 344 g/mol. The van der Waals surface area contributed by atoms with Gasteiger partial charge in [-0.1, -0.05) is 19.1 Å². The number of amides is 1. The van der Waals surface area contributed by atoms with Crippen molar-refractivity contribution in [3.63, 3.8) is 0 Å². The maximum atomic E-state index is 12.1. The average molecular weight is 344 g/mol. The molecule has 7 nitrogen and oxygen atoms in total. The molecule has 0 spiro atoms. The van der Waals surface area contributed by atoms with Crippen molar-refractivity contribution in [2.75, 3.05) is 26.2 Å². The maximum Gasteiger partial charge on any atom is 0.258 e. The molecular formula is C18H24N4O3. The summed E-state index contributed by atoms with van der Waals surface area (Å²) in [6.45, 7) is 4.68. The van der Waals surface area contributed by atoms with Gasteiger partial charge in [0.25, 0.3) is 5.56 Å². The van der Waals surface area contributed by atoms with Gasteiger partial charge < -0.3 is 15.0 Å². The summed E-state index contributed by atoms with van der Waals surface area (Å²) in [5.41, 5.74) is 0.514. The first-order valence-corrected chi connectivity index (χ1v) is 8.74. The van der Waals surface area contributed by atoms with Crippen LogP contribution in [0.25, 0.3) is 10.9 Å². The Hall–Kier alpha value is -2.25. The summed E-state index contributed by atoms with van der Waals surface area (Å²) >= 11 is 0. The smallest absolute Gasteiger partial charge is 0.258 e. The number of benzene rings is 1. The standard InChI is InChI=1S/C18H24N4O3/c1-2-22(12-17(23)19-10-13-6-5-9-25-13)11-16-20-15-8-4-3-7-14(15)18(24)21-16/h3-4,7-8,13H,2,5-6,9-12H2,1H3,(H,19,23)(H,20,21,24). The largest absolute Gasteiger partial charge is 0.376 e.